The van der Waals surface area contributed by atoms with Gasteiger partial charge in [-0.1, -0.05) is 48.0 Å². The maximum atomic E-state index is 11.7. The number of fused-ring (bicyclic) bond motifs is 1. The van der Waals surface area contributed by atoms with Crippen LogP contribution in [0.4, 0.5) is 0 Å². The number of halogens is 1. The first-order valence-electron chi connectivity index (χ1n) is 8.05. The summed E-state index contributed by atoms with van der Waals surface area (Å²) >= 11 is 6.05. The van der Waals surface area contributed by atoms with Crippen molar-refractivity contribution in [2.75, 3.05) is 0 Å². The molecule has 4 rings (SSSR count). The number of amides is 1. The molecule has 0 saturated carbocycles. The highest BCUT2D eigenvalue weighted by Gasteiger charge is 2.19. The summed E-state index contributed by atoms with van der Waals surface area (Å²) in [5.74, 6) is -0.557. The van der Waals surface area contributed by atoms with E-state index in [2.05, 4.69) is 10.1 Å². The second-order valence-electron chi connectivity index (χ2n) is 6.00. The van der Waals surface area contributed by atoms with E-state index < -0.39 is 5.91 Å². The Morgan fingerprint density at radius 1 is 1.04 bits per heavy atom. The summed E-state index contributed by atoms with van der Waals surface area (Å²) in [6.07, 6.45) is 3.21. The quantitative estimate of drug-likeness (QED) is 0.595. The molecule has 6 heteroatoms. The average Bonchev–Trinajstić information content (AvgIpc) is 3.07. The second-order valence-corrected chi connectivity index (χ2v) is 6.44. The second kappa shape index (κ2) is 6.28. The highest BCUT2D eigenvalue weighted by Crippen LogP contribution is 2.34. The van der Waals surface area contributed by atoms with Crippen LogP contribution in [0.2, 0.25) is 5.02 Å². The molecule has 5 nitrogen and oxygen atoms in total. The molecular weight excluding hydrogens is 348 g/mol. The summed E-state index contributed by atoms with van der Waals surface area (Å²) in [5, 5.41) is 5.02. The molecule has 2 heterocycles. The van der Waals surface area contributed by atoms with Crippen molar-refractivity contribution >= 4 is 23.2 Å². The lowest BCUT2D eigenvalue weighted by atomic mass is 9.97. The summed E-state index contributed by atoms with van der Waals surface area (Å²) in [6, 6.07) is 15.5. The van der Waals surface area contributed by atoms with Gasteiger partial charge in [0.15, 0.2) is 5.65 Å². The number of rotatable bonds is 3. The summed E-state index contributed by atoms with van der Waals surface area (Å²) in [7, 11) is 0. The first-order chi connectivity index (χ1) is 12.6. The number of benzene rings is 2. The fourth-order valence-corrected chi connectivity index (χ4v) is 3.19. The van der Waals surface area contributed by atoms with Gasteiger partial charge in [0.05, 0.1) is 11.9 Å². The molecule has 2 aromatic carbocycles. The molecule has 0 spiro atoms. The zero-order valence-electron chi connectivity index (χ0n) is 14.0. The first kappa shape index (κ1) is 16.3. The lowest BCUT2D eigenvalue weighted by Crippen LogP contribution is -2.11. The molecule has 0 aliphatic carbocycles. The van der Waals surface area contributed by atoms with Crippen LogP contribution in [-0.2, 0) is 0 Å². The van der Waals surface area contributed by atoms with Crippen LogP contribution in [0.3, 0.4) is 0 Å². The summed E-state index contributed by atoms with van der Waals surface area (Å²) < 4.78 is 1.66. The number of carbonyl (C=O) groups is 1. The van der Waals surface area contributed by atoms with Crippen LogP contribution in [0.1, 0.15) is 15.9 Å². The van der Waals surface area contributed by atoms with Crippen molar-refractivity contribution in [2.45, 2.75) is 6.92 Å². The zero-order chi connectivity index (χ0) is 18.3. The van der Waals surface area contributed by atoms with Crippen LogP contribution in [0.25, 0.3) is 28.0 Å². The molecule has 0 radical (unpaired) electrons. The number of carbonyl (C=O) groups excluding carboxylic acids is 1. The SMILES string of the molecule is Cc1ccccc1-c1cnc2c(C(N)=O)cnn2c1-c1ccc(Cl)cc1. The Bertz CT molecular complexity index is 1130. The predicted molar refractivity (Wildman–Crippen MR) is 102 cm³/mol. The van der Waals surface area contributed by atoms with Gasteiger partial charge in [0.25, 0.3) is 5.91 Å². The van der Waals surface area contributed by atoms with Crippen molar-refractivity contribution in [2.24, 2.45) is 5.73 Å². The van der Waals surface area contributed by atoms with E-state index in [1.54, 1.807) is 10.7 Å². The maximum Gasteiger partial charge on any atom is 0.254 e. The monoisotopic (exact) mass is 362 g/mol. The largest absolute Gasteiger partial charge is 0.365 e. The molecule has 0 bridgehead atoms. The normalized spacial score (nSPS) is 11.0. The Morgan fingerprint density at radius 3 is 2.46 bits per heavy atom. The number of aromatic nitrogens is 3. The van der Waals surface area contributed by atoms with Crippen LogP contribution >= 0.6 is 11.6 Å². The van der Waals surface area contributed by atoms with E-state index in [1.165, 1.54) is 6.20 Å². The molecule has 0 unspecified atom stereocenters. The molecule has 26 heavy (non-hydrogen) atoms. The van der Waals surface area contributed by atoms with E-state index in [-0.39, 0.29) is 5.56 Å². The first-order valence-corrected chi connectivity index (χ1v) is 8.42. The van der Waals surface area contributed by atoms with Gasteiger partial charge in [0, 0.05) is 22.3 Å². The molecule has 2 N–H and O–H groups in total. The van der Waals surface area contributed by atoms with Crippen LogP contribution < -0.4 is 5.73 Å². The van der Waals surface area contributed by atoms with Crippen molar-refractivity contribution in [3.63, 3.8) is 0 Å². The minimum atomic E-state index is -0.557. The summed E-state index contributed by atoms with van der Waals surface area (Å²) in [6.45, 7) is 2.04. The standard InChI is InChI=1S/C20H15ClN4O/c1-12-4-2-3-5-15(12)16-10-23-20-17(19(22)26)11-24-25(20)18(16)13-6-8-14(21)9-7-13/h2-11H,1H3,(H2,22,26). The molecule has 2 aromatic heterocycles. The van der Waals surface area contributed by atoms with Crippen molar-refractivity contribution in [3.8, 4) is 22.4 Å². The molecule has 1 amide bonds. The molecule has 0 saturated heterocycles. The Hall–Kier alpha value is -3.18. The summed E-state index contributed by atoms with van der Waals surface area (Å²) in [4.78, 5) is 16.1. The maximum absolute atomic E-state index is 11.7. The third-order valence-electron chi connectivity index (χ3n) is 4.35. The van der Waals surface area contributed by atoms with E-state index in [1.807, 2.05) is 55.5 Å². The highest BCUT2D eigenvalue weighted by molar-refractivity contribution is 6.30. The number of hydrogen-bond donors (Lipinski definition) is 1. The molecule has 0 aliphatic heterocycles. The Labute approximate surface area is 155 Å². The van der Waals surface area contributed by atoms with Gasteiger partial charge < -0.3 is 5.73 Å². The van der Waals surface area contributed by atoms with Gasteiger partial charge in [-0.05, 0) is 30.2 Å². The fourth-order valence-electron chi connectivity index (χ4n) is 3.06. The third kappa shape index (κ3) is 2.62. The van der Waals surface area contributed by atoms with E-state index in [0.717, 1.165) is 27.9 Å². The number of hydrogen-bond acceptors (Lipinski definition) is 3. The van der Waals surface area contributed by atoms with Crippen molar-refractivity contribution < 1.29 is 4.79 Å². The lowest BCUT2D eigenvalue weighted by molar-refractivity contribution is 0.100. The van der Waals surface area contributed by atoms with E-state index >= 15 is 0 Å². The Balaban J connectivity index is 2.09. The van der Waals surface area contributed by atoms with Gasteiger partial charge in [-0.2, -0.15) is 5.10 Å². The summed E-state index contributed by atoms with van der Waals surface area (Å²) in [5.41, 5.74) is 11.0. The van der Waals surface area contributed by atoms with Crippen LogP contribution in [-0.4, -0.2) is 20.5 Å². The molecule has 0 atom stereocenters. The minimum Gasteiger partial charge on any atom is -0.365 e. The van der Waals surface area contributed by atoms with Crippen molar-refractivity contribution in [3.05, 3.63) is 77.1 Å². The van der Waals surface area contributed by atoms with E-state index in [4.69, 9.17) is 17.3 Å². The smallest absolute Gasteiger partial charge is 0.254 e. The minimum absolute atomic E-state index is 0.288. The van der Waals surface area contributed by atoms with Gasteiger partial charge in [-0.25, -0.2) is 9.50 Å². The lowest BCUT2D eigenvalue weighted by Gasteiger charge is -2.14. The van der Waals surface area contributed by atoms with Gasteiger partial charge in [0.2, 0.25) is 0 Å². The molecule has 0 aliphatic rings. The number of nitrogens with zero attached hydrogens (tertiary/aromatic N) is 3. The van der Waals surface area contributed by atoms with Crippen molar-refractivity contribution in [1.82, 2.24) is 14.6 Å². The van der Waals surface area contributed by atoms with E-state index in [0.29, 0.717) is 10.7 Å². The Morgan fingerprint density at radius 2 is 1.77 bits per heavy atom. The predicted octanol–water partition coefficient (Wildman–Crippen LogP) is 4.12. The van der Waals surface area contributed by atoms with Crippen molar-refractivity contribution in [1.29, 1.82) is 0 Å². The zero-order valence-corrected chi connectivity index (χ0v) is 14.7. The van der Waals surface area contributed by atoms with Gasteiger partial charge >= 0.3 is 0 Å². The topological polar surface area (TPSA) is 73.3 Å². The van der Waals surface area contributed by atoms with Gasteiger partial charge in [0.1, 0.15) is 5.56 Å². The third-order valence-corrected chi connectivity index (χ3v) is 4.60. The molecular formula is C20H15ClN4O. The van der Waals surface area contributed by atoms with Gasteiger partial charge in [-0.3, -0.25) is 4.79 Å². The molecule has 128 valence electrons. The highest BCUT2D eigenvalue weighted by atomic mass is 35.5. The number of primary amides is 1. The van der Waals surface area contributed by atoms with Crippen LogP contribution in [0.5, 0.6) is 0 Å². The molecule has 0 fully saturated rings. The fraction of sp³-hybridized carbons (Fsp3) is 0.0500. The van der Waals surface area contributed by atoms with Gasteiger partial charge in [-0.15, -0.1) is 0 Å². The molecule has 4 aromatic rings. The van der Waals surface area contributed by atoms with E-state index in [9.17, 15) is 4.79 Å². The average molecular weight is 363 g/mol. The number of aryl methyl sites for hydroxylation is 1. The Kier molecular flexibility index (Phi) is 3.93. The van der Waals surface area contributed by atoms with Crippen LogP contribution in [0, 0.1) is 6.92 Å². The van der Waals surface area contributed by atoms with Crippen LogP contribution in [0.15, 0.2) is 60.9 Å². The number of nitrogens with two attached hydrogens (primary N) is 1.